The molecule has 16 heavy (non-hydrogen) atoms. The number of aryl methyl sites for hydroxylation is 1. The van der Waals surface area contributed by atoms with Crippen LogP contribution in [0.25, 0.3) is 11.3 Å². The number of nitrogens with zero attached hydrogens (tertiary/aromatic N) is 2. The number of rotatable bonds is 2. The monoisotopic (exact) mass is 283 g/mol. The number of halogens is 2. The molecule has 84 valence electrons. The number of hydrogen-bond acceptors (Lipinski definition) is 2. The minimum Gasteiger partial charge on any atom is -0.383 e. The zero-order valence-corrected chi connectivity index (χ0v) is 10.3. The Morgan fingerprint density at radius 2 is 2.25 bits per heavy atom. The maximum atomic E-state index is 12.9. The van der Waals surface area contributed by atoms with Gasteiger partial charge in [0, 0.05) is 16.6 Å². The van der Waals surface area contributed by atoms with Crippen molar-refractivity contribution in [3.05, 3.63) is 34.8 Å². The second kappa shape index (κ2) is 4.25. The summed E-state index contributed by atoms with van der Waals surface area (Å²) in [6.45, 7) is 2.75. The molecular weight excluding hydrogens is 273 g/mol. The van der Waals surface area contributed by atoms with E-state index in [1.807, 2.05) is 11.5 Å². The smallest absolute Gasteiger partial charge is 0.131 e. The summed E-state index contributed by atoms with van der Waals surface area (Å²) in [5, 5.41) is 0. The molecule has 2 rings (SSSR count). The van der Waals surface area contributed by atoms with Gasteiger partial charge in [0.25, 0.3) is 0 Å². The number of anilines is 1. The summed E-state index contributed by atoms with van der Waals surface area (Å²) in [7, 11) is 0. The third-order valence-electron chi connectivity index (χ3n) is 2.41. The number of nitrogens with two attached hydrogens (primary N) is 1. The van der Waals surface area contributed by atoms with Crippen LogP contribution >= 0.6 is 15.9 Å². The fraction of sp³-hybridized carbons (Fsp3) is 0.182. The van der Waals surface area contributed by atoms with Gasteiger partial charge in [-0.25, -0.2) is 9.37 Å². The van der Waals surface area contributed by atoms with Crippen molar-refractivity contribution in [1.29, 1.82) is 0 Å². The number of aromatic nitrogens is 2. The lowest BCUT2D eigenvalue weighted by Crippen LogP contribution is -1.99. The summed E-state index contributed by atoms with van der Waals surface area (Å²) in [5.41, 5.74) is 7.41. The van der Waals surface area contributed by atoms with E-state index in [0.717, 1.165) is 12.1 Å². The van der Waals surface area contributed by atoms with Crippen LogP contribution in [0.2, 0.25) is 0 Å². The molecule has 0 fully saturated rings. The molecule has 0 aliphatic carbocycles. The lowest BCUT2D eigenvalue weighted by Gasteiger charge is -2.04. The molecule has 1 aromatic carbocycles. The zero-order valence-electron chi connectivity index (χ0n) is 8.74. The van der Waals surface area contributed by atoms with Crippen molar-refractivity contribution in [1.82, 2.24) is 9.55 Å². The van der Waals surface area contributed by atoms with Crippen molar-refractivity contribution in [2.75, 3.05) is 5.73 Å². The molecule has 1 heterocycles. The lowest BCUT2D eigenvalue weighted by molar-refractivity contribution is 0.627. The van der Waals surface area contributed by atoms with E-state index in [1.54, 1.807) is 12.4 Å². The van der Waals surface area contributed by atoms with E-state index in [9.17, 15) is 4.39 Å². The average Bonchev–Trinajstić information content (AvgIpc) is 2.60. The van der Waals surface area contributed by atoms with Gasteiger partial charge in [-0.05, 0) is 41.1 Å². The molecule has 0 bridgehead atoms. The van der Waals surface area contributed by atoms with Crippen LogP contribution in [0.5, 0.6) is 0 Å². The highest BCUT2D eigenvalue weighted by molar-refractivity contribution is 9.10. The van der Waals surface area contributed by atoms with E-state index in [2.05, 4.69) is 20.9 Å². The molecule has 5 heteroatoms. The van der Waals surface area contributed by atoms with E-state index in [1.165, 1.54) is 12.1 Å². The molecule has 0 atom stereocenters. The fourth-order valence-corrected chi connectivity index (χ4v) is 2.07. The molecule has 0 saturated carbocycles. The summed E-state index contributed by atoms with van der Waals surface area (Å²) in [4.78, 5) is 4.23. The quantitative estimate of drug-likeness (QED) is 0.921. The summed E-state index contributed by atoms with van der Waals surface area (Å²) in [6, 6.07) is 4.46. The highest BCUT2D eigenvalue weighted by Crippen LogP contribution is 2.31. The zero-order chi connectivity index (χ0) is 11.7. The fourth-order valence-electron chi connectivity index (χ4n) is 1.53. The maximum Gasteiger partial charge on any atom is 0.131 e. The molecule has 0 spiro atoms. The first-order chi connectivity index (χ1) is 7.63. The molecule has 0 unspecified atom stereocenters. The van der Waals surface area contributed by atoms with Gasteiger partial charge in [0.2, 0.25) is 0 Å². The van der Waals surface area contributed by atoms with Gasteiger partial charge in [0.15, 0.2) is 0 Å². The van der Waals surface area contributed by atoms with Crippen molar-refractivity contribution in [3.63, 3.8) is 0 Å². The molecular formula is C11H11BrFN3. The first kappa shape index (κ1) is 11.1. The van der Waals surface area contributed by atoms with Crippen LogP contribution in [-0.2, 0) is 6.54 Å². The van der Waals surface area contributed by atoms with Gasteiger partial charge in [-0.1, -0.05) is 0 Å². The lowest BCUT2D eigenvalue weighted by atomic mass is 10.1. The molecule has 0 radical (unpaired) electrons. The van der Waals surface area contributed by atoms with Crippen molar-refractivity contribution in [3.8, 4) is 11.3 Å². The van der Waals surface area contributed by atoms with Crippen LogP contribution in [0.15, 0.2) is 29.0 Å². The van der Waals surface area contributed by atoms with Gasteiger partial charge < -0.3 is 10.3 Å². The number of benzene rings is 1. The molecule has 2 aromatic rings. The normalized spacial score (nSPS) is 10.7. The SMILES string of the molecule is CCn1cnc(-c2ccc(F)cc2Br)c1N. The Labute approximate surface area is 101 Å². The van der Waals surface area contributed by atoms with Gasteiger partial charge in [0.1, 0.15) is 17.3 Å². The van der Waals surface area contributed by atoms with Gasteiger partial charge in [-0.15, -0.1) is 0 Å². The Hall–Kier alpha value is -1.36. The summed E-state index contributed by atoms with van der Waals surface area (Å²) in [5.74, 6) is 0.305. The Morgan fingerprint density at radius 1 is 1.50 bits per heavy atom. The second-order valence-corrected chi connectivity index (χ2v) is 4.24. The minimum absolute atomic E-state index is 0.288. The maximum absolute atomic E-state index is 12.9. The predicted molar refractivity (Wildman–Crippen MR) is 65.4 cm³/mol. The van der Waals surface area contributed by atoms with E-state index in [-0.39, 0.29) is 5.82 Å². The average molecular weight is 284 g/mol. The van der Waals surface area contributed by atoms with Gasteiger partial charge in [-0.3, -0.25) is 0 Å². The second-order valence-electron chi connectivity index (χ2n) is 3.39. The van der Waals surface area contributed by atoms with E-state index in [0.29, 0.717) is 16.0 Å². The van der Waals surface area contributed by atoms with E-state index >= 15 is 0 Å². The van der Waals surface area contributed by atoms with Gasteiger partial charge >= 0.3 is 0 Å². The Kier molecular flexibility index (Phi) is 2.96. The molecule has 3 nitrogen and oxygen atoms in total. The van der Waals surface area contributed by atoms with Crippen LogP contribution in [-0.4, -0.2) is 9.55 Å². The van der Waals surface area contributed by atoms with Crippen LogP contribution < -0.4 is 5.73 Å². The molecule has 0 aliphatic rings. The number of nitrogen functional groups attached to an aromatic ring is 1. The van der Waals surface area contributed by atoms with Crippen LogP contribution in [0.4, 0.5) is 10.2 Å². The molecule has 0 amide bonds. The van der Waals surface area contributed by atoms with Crippen LogP contribution in [0.3, 0.4) is 0 Å². The molecule has 0 saturated heterocycles. The highest BCUT2D eigenvalue weighted by atomic mass is 79.9. The third kappa shape index (κ3) is 1.82. The Balaban J connectivity index is 2.54. The van der Waals surface area contributed by atoms with Crippen molar-refractivity contribution < 1.29 is 4.39 Å². The predicted octanol–water partition coefficient (Wildman–Crippen LogP) is 3.05. The standard InChI is InChI=1S/C11H11BrFN3/c1-2-16-6-15-10(11(16)14)8-4-3-7(13)5-9(8)12/h3-6H,2,14H2,1H3. The summed E-state index contributed by atoms with van der Waals surface area (Å²) >= 11 is 3.30. The largest absolute Gasteiger partial charge is 0.383 e. The number of imidazole rings is 1. The van der Waals surface area contributed by atoms with Crippen molar-refractivity contribution >= 4 is 21.7 Å². The first-order valence-electron chi connectivity index (χ1n) is 4.89. The van der Waals surface area contributed by atoms with Gasteiger partial charge in [-0.2, -0.15) is 0 Å². The highest BCUT2D eigenvalue weighted by Gasteiger charge is 2.12. The summed E-state index contributed by atoms with van der Waals surface area (Å²) < 4.78 is 15.4. The van der Waals surface area contributed by atoms with Crippen LogP contribution in [0.1, 0.15) is 6.92 Å². The molecule has 0 aliphatic heterocycles. The Bertz CT molecular complexity index is 522. The van der Waals surface area contributed by atoms with Crippen LogP contribution in [0, 0.1) is 5.82 Å². The van der Waals surface area contributed by atoms with Crippen molar-refractivity contribution in [2.24, 2.45) is 0 Å². The topological polar surface area (TPSA) is 43.8 Å². The summed E-state index contributed by atoms with van der Waals surface area (Å²) in [6.07, 6.45) is 1.68. The van der Waals surface area contributed by atoms with Crippen molar-refractivity contribution in [2.45, 2.75) is 13.5 Å². The molecule has 1 aromatic heterocycles. The third-order valence-corrected chi connectivity index (χ3v) is 3.06. The first-order valence-corrected chi connectivity index (χ1v) is 5.68. The van der Waals surface area contributed by atoms with E-state index in [4.69, 9.17) is 5.73 Å². The molecule has 2 N–H and O–H groups in total. The minimum atomic E-state index is -0.288. The Morgan fingerprint density at radius 3 is 2.81 bits per heavy atom. The van der Waals surface area contributed by atoms with Gasteiger partial charge in [0.05, 0.1) is 6.33 Å². The van der Waals surface area contributed by atoms with E-state index < -0.39 is 0 Å². The number of hydrogen-bond donors (Lipinski definition) is 1.